The van der Waals surface area contributed by atoms with Crippen molar-refractivity contribution in [3.05, 3.63) is 53.6 Å². The number of hydrogen-bond donors (Lipinski definition) is 0. The van der Waals surface area contributed by atoms with E-state index in [0.717, 1.165) is 12.0 Å². The van der Waals surface area contributed by atoms with Crippen molar-refractivity contribution in [1.82, 2.24) is 0 Å². The van der Waals surface area contributed by atoms with Crippen LogP contribution in [0.5, 0.6) is 0 Å². The highest BCUT2D eigenvalue weighted by molar-refractivity contribution is 5.77. The molecule has 0 heteroatoms. The number of allylic oxidation sites excluding steroid dienone is 3. The Balaban J connectivity index is 2.56. The third kappa shape index (κ3) is 1.10. The summed E-state index contributed by atoms with van der Waals surface area (Å²) in [6, 6.07) is 8.47. The lowest BCUT2D eigenvalue weighted by Gasteiger charge is -2.15. The first-order valence-corrected chi connectivity index (χ1v) is 4.22. The number of rotatable bonds is 0. The van der Waals surface area contributed by atoms with Gasteiger partial charge < -0.3 is 0 Å². The zero-order valence-corrected chi connectivity index (χ0v) is 7.30. The molecule has 12 heavy (non-hydrogen) atoms. The number of fused-ring (bicyclic) bond motifs is 1. The van der Waals surface area contributed by atoms with E-state index in [0.29, 0.717) is 0 Å². The van der Waals surface area contributed by atoms with E-state index in [4.69, 9.17) is 0 Å². The normalized spacial score (nSPS) is 15.4. The fourth-order valence-corrected chi connectivity index (χ4v) is 1.71. The van der Waals surface area contributed by atoms with Crippen LogP contribution in [-0.4, -0.2) is 0 Å². The number of benzene rings is 1. The molecule has 0 spiro atoms. The van der Waals surface area contributed by atoms with Crippen LogP contribution in [-0.2, 0) is 6.42 Å². The van der Waals surface area contributed by atoms with Crippen molar-refractivity contribution in [2.45, 2.75) is 13.3 Å². The van der Waals surface area contributed by atoms with Gasteiger partial charge in [-0.2, -0.15) is 0 Å². The molecule has 0 fully saturated rings. The van der Waals surface area contributed by atoms with Gasteiger partial charge >= 0.3 is 0 Å². The van der Waals surface area contributed by atoms with Gasteiger partial charge in [0.2, 0.25) is 0 Å². The molecule has 2 rings (SSSR count). The van der Waals surface area contributed by atoms with E-state index >= 15 is 0 Å². The highest BCUT2D eigenvalue weighted by Crippen LogP contribution is 2.27. The maximum Gasteiger partial charge on any atom is -0.00604 e. The van der Waals surface area contributed by atoms with Crippen LogP contribution in [0.15, 0.2) is 42.5 Å². The smallest absolute Gasteiger partial charge is 0.00604 e. The zero-order chi connectivity index (χ0) is 8.55. The Bertz CT molecular complexity index is 356. The van der Waals surface area contributed by atoms with Gasteiger partial charge in [0.25, 0.3) is 0 Å². The van der Waals surface area contributed by atoms with Crippen molar-refractivity contribution in [2.75, 3.05) is 0 Å². The molecular formula is C12H12. The van der Waals surface area contributed by atoms with E-state index in [9.17, 15) is 0 Å². The molecule has 0 bridgehead atoms. The second-order valence-electron chi connectivity index (χ2n) is 3.35. The predicted molar refractivity (Wildman–Crippen MR) is 52.9 cm³/mol. The quantitative estimate of drug-likeness (QED) is 0.541. The Hall–Kier alpha value is -1.30. The average Bonchev–Trinajstić information content (AvgIpc) is 2.04. The molecule has 0 amide bonds. The molecule has 0 saturated heterocycles. The molecule has 0 nitrogen and oxygen atoms in total. The highest BCUT2D eigenvalue weighted by Gasteiger charge is 2.09. The summed E-state index contributed by atoms with van der Waals surface area (Å²) in [4.78, 5) is 0. The van der Waals surface area contributed by atoms with Crippen molar-refractivity contribution < 1.29 is 0 Å². The first kappa shape index (κ1) is 7.35. The molecule has 0 atom stereocenters. The molecule has 1 aliphatic rings. The molecule has 0 heterocycles. The standard InChI is InChI=1S/C12H12/c1-9-7-10(2)12-6-4-3-5-11(12)8-9/h3-7H,2,8H2,1H3. The van der Waals surface area contributed by atoms with Crippen LogP contribution in [0.4, 0.5) is 0 Å². The lowest BCUT2D eigenvalue weighted by Crippen LogP contribution is -1.98. The summed E-state index contributed by atoms with van der Waals surface area (Å²) in [7, 11) is 0. The Morgan fingerprint density at radius 1 is 1.25 bits per heavy atom. The Morgan fingerprint density at radius 3 is 2.83 bits per heavy atom. The van der Waals surface area contributed by atoms with Crippen LogP contribution in [0.3, 0.4) is 0 Å². The van der Waals surface area contributed by atoms with Gasteiger partial charge in [-0.15, -0.1) is 0 Å². The molecule has 1 aromatic carbocycles. The maximum atomic E-state index is 4.03. The molecule has 1 aliphatic carbocycles. The number of hydrogen-bond acceptors (Lipinski definition) is 0. The first-order chi connectivity index (χ1) is 5.77. The molecule has 0 radical (unpaired) electrons. The van der Waals surface area contributed by atoms with Crippen molar-refractivity contribution in [2.24, 2.45) is 0 Å². The van der Waals surface area contributed by atoms with Crippen LogP contribution in [0, 0.1) is 0 Å². The minimum Gasteiger partial charge on any atom is -0.0912 e. The topological polar surface area (TPSA) is 0 Å². The second-order valence-corrected chi connectivity index (χ2v) is 3.35. The van der Waals surface area contributed by atoms with Crippen molar-refractivity contribution >= 4 is 5.57 Å². The van der Waals surface area contributed by atoms with Gasteiger partial charge in [0.05, 0.1) is 0 Å². The Morgan fingerprint density at radius 2 is 2.00 bits per heavy atom. The lowest BCUT2D eigenvalue weighted by atomic mass is 9.90. The van der Waals surface area contributed by atoms with Crippen LogP contribution in [0.1, 0.15) is 18.1 Å². The van der Waals surface area contributed by atoms with Gasteiger partial charge in [0, 0.05) is 0 Å². The molecule has 0 unspecified atom stereocenters. The molecule has 0 aromatic heterocycles. The van der Waals surface area contributed by atoms with Gasteiger partial charge in [-0.1, -0.05) is 42.5 Å². The van der Waals surface area contributed by atoms with Crippen molar-refractivity contribution in [3.63, 3.8) is 0 Å². The molecule has 0 saturated carbocycles. The third-order valence-electron chi connectivity index (χ3n) is 2.25. The predicted octanol–water partition coefficient (Wildman–Crippen LogP) is 3.20. The van der Waals surface area contributed by atoms with E-state index in [-0.39, 0.29) is 0 Å². The average molecular weight is 156 g/mol. The monoisotopic (exact) mass is 156 g/mol. The van der Waals surface area contributed by atoms with E-state index in [2.05, 4.69) is 43.8 Å². The van der Waals surface area contributed by atoms with Crippen molar-refractivity contribution in [1.29, 1.82) is 0 Å². The summed E-state index contributed by atoms with van der Waals surface area (Å²) in [6.07, 6.45) is 3.25. The summed E-state index contributed by atoms with van der Waals surface area (Å²) >= 11 is 0. The van der Waals surface area contributed by atoms with Crippen LogP contribution >= 0.6 is 0 Å². The van der Waals surface area contributed by atoms with E-state index in [1.54, 1.807) is 0 Å². The van der Waals surface area contributed by atoms with Gasteiger partial charge in [-0.05, 0) is 30.0 Å². The summed E-state index contributed by atoms with van der Waals surface area (Å²) < 4.78 is 0. The van der Waals surface area contributed by atoms with E-state index in [1.807, 2.05) is 0 Å². The first-order valence-electron chi connectivity index (χ1n) is 4.22. The minimum atomic E-state index is 1.08. The zero-order valence-electron chi connectivity index (χ0n) is 7.30. The summed E-state index contributed by atoms with van der Waals surface area (Å²) in [5, 5.41) is 0. The van der Waals surface area contributed by atoms with Gasteiger partial charge in [0.1, 0.15) is 0 Å². The Kier molecular flexibility index (Phi) is 1.61. The van der Waals surface area contributed by atoms with Crippen molar-refractivity contribution in [3.8, 4) is 0 Å². The molecule has 0 aliphatic heterocycles. The Labute approximate surface area is 73.2 Å². The SMILES string of the molecule is C=C1C=C(C)Cc2ccccc21. The fraction of sp³-hybridized carbons (Fsp3) is 0.167. The third-order valence-corrected chi connectivity index (χ3v) is 2.25. The van der Waals surface area contributed by atoms with E-state index in [1.165, 1.54) is 16.7 Å². The van der Waals surface area contributed by atoms with Crippen LogP contribution in [0.2, 0.25) is 0 Å². The lowest BCUT2D eigenvalue weighted by molar-refractivity contribution is 1.12. The highest BCUT2D eigenvalue weighted by atomic mass is 14.1. The molecule has 60 valence electrons. The van der Waals surface area contributed by atoms with Gasteiger partial charge in [-0.3, -0.25) is 0 Å². The summed E-state index contributed by atoms with van der Waals surface area (Å²) in [5.41, 5.74) is 5.26. The van der Waals surface area contributed by atoms with E-state index < -0.39 is 0 Å². The van der Waals surface area contributed by atoms with Gasteiger partial charge in [0.15, 0.2) is 0 Å². The molecule has 1 aromatic rings. The minimum absolute atomic E-state index is 1.08. The molecular weight excluding hydrogens is 144 g/mol. The summed E-state index contributed by atoms with van der Waals surface area (Å²) in [6.45, 7) is 6.18. The van der Waals surface area contributed by atoms with Gasteiger partial charge in [-0.25, -0.2) is 0 Å². The second kappa shape index (κ2) is 2.63. The maximum absolute atomic E-state index is 4.03. The largest absolute Gasteiger partial charge is 0.0912 e. The van der Waals surface area contributed by atoms with Crippen LogP contribution in [0.25, 0.3) is 5.57 Å². The fourth-order valence-electron chi connectivity index (χ4n) is 1.71. The summed E-state index contributed by atoms with van der Waals surface area (Å²) in [5.74, 6) is 0. The molecule has 0 N–H and O–H groups in total. The van der Waals surface area contributed by atoms with Crippen LogP contribution < -0.4 is 0 Å².